The van der Waals surface area contributed by atoms with Gasteiger partial charge in [-0.05, 0) is 25.1 Å². The smallest absolute Gasteiger partial charge is 0.362 e. The molecule has 0 fully saturated rings. The Morgan fingerprint density at radius 3 is 2.28 bits per heavy atom. The maximum atomic E-state index is 12.4. The molecule has 0 radical (unpaired) electrons. The van der Waals surface area contributed by atoms with Gasteiger partial charge in [-0.2, -0.15) is 5.10 Å². The lowest BCUT2D eigenvalue weighted by molar-refractivity contribution is -0.385. The van der Waals surface area contributed by atoms with Crippen molar-refractivity contribution in [3.63, 3.8) is 0 Å². The predicted molar refractivity (Wildman–Crippen MR) is 110 cm³/mol. The molecule has 0 saturated heterocycles. The van der Waals surface area contributed by atoms with E-state index in [4.69, 9.17) is 14.2 Å². The molecule has 12 nitrogen and oxygen atoms in total. The summed E-state index contributed by atoms with van der Waals surface area (Å²) in [6.07, 6.45) is 1.41. The zero-order chi connectivity index (χ0) is 23.3. The average Bonchev–Trinajstić information content (AvgIpc) is 3.22. The number of carbonyl (C=O) groups is 1. The second kappa shape index (κ2) is 9.55. The second-order valence-electron chi connectivity index (χ2n) is 6.32. The monoisotopic (exact) mass is 442 g/mol. The standard InChI is InChI=1S/C20H18N4O8/c1-3-31-20(25)19-18(11-22(21-19)14-4-6-15(7-5-14)23(26)27)32-12-13-10-16(24(28)29)8-9-17(13)30-2/h4-11H,3,12H2,1-2H3. The molecule has 0 unspecified atom stereocenters. The van der Waals surface area contributed by atoms with Gasteiger partial charge in [-0.25, -0.2) is 9.48 Å². The zero-order valence-electron chi connectivity index (χ0n) is 17.1. The molecule has 1 heterocycles. The Balaban J connectivity index is 1.93. The number of hydrogen-bond donors (Lipinski definition) is 0. The van der Waals surface area contributed by atoms with Crippen molar-refractivity contribution in [1.82, 2.24) is 9.78 Å². The normalized spacial score (nSPS) is 10.4. The third kappa shape index (κ3) is 4.80. The average molecular weight is 442 g/mol. The summed E-state index contributed by atoms with van der Waals surface area (Å²) >= 11 is 0. The van der Waals surface area contributed by atoms with Crippen molar-refractivity contribution in [2.24, 2.45) is 0 Å². The Morgan fingerprint density at radius 2 is 1.69 bits per heavy atom. The van der Waals surface area contributed by atoms with E-state index in [9.17, 15) is 25.0 Å². The molecule has 0 saturated carbocycles. The van der Waals surface area contributed by atoms with Crippen LogP contribution in [0.15, 0.2) is 48.7 Å². The number of carbonyl (C=O) groups excluding carboxylic acids is 1. The van der Waals surface area contributed by atoms with Gasteiger partial charge < -0.3 is 14.2 Å². The minimum absolute atomic E-state index is 0.0651. The summed E-state index contributed by atoms with van der Waals surface area (Å²) in [4.78, 5) is 33.2. The lowest BCUT2D eigenvalue weighted by Crippen LogP contribution is -2.09. The molecule has 0 amide bonds. The molecule has 0 bridgehead atoms. The van der Waals surface area contributed by atoms with Crippen molar-refractivity contribution >= 4 is 17.3 Å². The molecular formula is C20H18N4O8. The quantitative estimate of drug-likeness (QED) is 0.276. The third-order valence-corrected chi connectivity index (χ3v) is 4.33. The van der Waals surface area contributed by atoms with Crippen LogP contribution in [-0.2, 0) is 11.3 Å². The summed E-state index contributed by atoms with van der Waals surface area (Å²) in [5.74, 6) is -0.291. The van der Waals surface area contributed by atoms with Crippen molar-refractivity contribution < 1.29 is 28.9 Å². The Morgan fingerprint density at radius 1 is 1.03 bits per heavy atom. The summed E-state index contributed by atoms with van der Waals surface area (Å²) in [7, 11) is 1.42. The molecule has 166 valence electrons. The van der Waals surface area contributed by atoms with Gasteiger partial charge in [0, 0.05) is 29.8 Å². The van der Waals surface area contributed by atoms with Gasteiger partial charge >= 0.3 is 5.97 Å². The van der Waals surface area contributed by atoms with E-state index in [0.29, 0.717) is 17.0 Å². The molecule has 1 aromatic heterocycles. The first-order valence-corrected chi connectivity index (χ1v) is 9.29. The Labute approximate surface area is 181 Å². The van der Waals surface area contributed by atoms with Gasteiger partial charge in [0.15, 0.2) is 5.75 Å². The molecule has 0 aliphatic rings. The van der Waals surface area contributed by atoms with Crippen molar-refractivity contribution in [2.45, 2.75) is 13.5 Å². The van der Waals surface area contributed by atoms with Gasteiger partial charge in [0.25, 0.3) is 11.4 Å². The van der Waals surface area contributed by atoms with E-state index < -0.39 is 15.8 Å². The van der Waals surface area contributed by atoms with Crippen LogP contribution in [0, 0.1) is 20.2 Å². The minimum atomic E-state index is -0.728. The maximum absolute atomic E-state index is 12.4. The molecule has 12 heteroatoms. The highest BCUT2D eigenvalue weighted by molar-refractivity contribution is 5.90. The van der Waals surface area contributed by atoms with Gasteiger partial charge in [0.1, 0.15) is 12.4 Å². The molecule has 0 spiro atoms. The third-order valence-electron chi connectivity index (χ3n) is 4.33. The van der Waals surface area contributed by atoms with Crippen molar-refractivity contribution in [1.29, 1.82) is 0 Å². The van der Waals surface area contributed by atoms with Crippen LogP contribution in [-0.4, -0.2) is 39.3 Å². The molecule has 0 atom stereocenters. The number of aromatic nitrogens is 2. The molecule has 3 aromatic rings. The van der Waals surface area contributed by atoms with Crippen LogP contribution >= 0.6 is 0 Å². The SMILES string of the molecule is CCOC(=O)c1nn(-c2ccc([N+](=O)[O-])cc2)cc1OCc1cc([N+](=O)[O-])ccc1OC. The van der Waals surface area contributed by atoms with Crippen LogP contribution in [0.2, 0.25) is 0 Å². The van der Waals surface area contributed by atoms with Crippen molar-refractivity contribution in [3.8, 4) is 17.2 Å². The van der Waals surface area contributed by atoms with Gasteiger partial charge in [0.05, 0.1) is 35.4 Å². The van der Waals surface area contributed by atoms with Crippen LogP contribution in [0.5, 0.6) is 11.5 Å². The van der Waals surface area contributed by atoms with Crippen LogP contribution in [0.1, 0.15) is 23.0 Å². The number of ether oxygens (including phenoxy) is 3. The molecular weight excluding hydrogens is 424 g/mol. The van der Waals surface area contributed by atoms with E-state index in [-0.39, 0.29) is 36.0 Å². The largest absolute Gasteiger partial charge is 0.496 e. The molecule has 0 N–H and O–H groups in total. The number of nitro benzene ring substituents is 2. The fraction of sp³-hybridized carbons (Fsp3) is 0.200. The highest BCUT2D eigenvalue weighted by Crippen LogP contribution is 2.28. The molecule has 3 rings (SSSR count). The number of rotatable bonds is 9. The summed E-state index contributed by atoms with van der Waals surface area (Å²) in [6.45, 7) is 1.60. The maximum Gasteiger partial charge on any atom is 0.362 e. The molecule has 0 aliphatic heterocycles. The van der Waals surface area contributed by atoms with Crippen LogP contribution in [0.25, 0.3) is 5.69 Å². The van der Waals surface area contributed by atoms with E-state index in [0.717, 1.165) is 0 Å². The highest BCUT2D eigenvalue weighted by Gasteiger charge is 2.21. The first kappa shape index (κ1) is 22.2. The summed E-state index contributed by atoms with van der Waals surface area (Å²) in [5.41, 5.74) is 0.482. The molecule has 2 aromatic carbocycles. The number of methoxy groups -OCH3 is 1. The lowest BCUT2D eigenvalue weighted by Gasteiger charge is -2.10. The summed E-state index contributed by atoms with van der Waals surface area (Å²) in [6, 6.07) is 9.60. The first-order valence-electron chi connectivity index (χ1n) is 9.29. The van der Waals surface area contributed by atoms with Gasteiger partial charge in [-0.15, -0.1) is 0 Å². The van der Waals surface area contributed by atoms with Gasteiger partial charge in [-0.1, -0.05) is 0 Å². The number of non-ortho nitro benzene ring substituents is 2. The number of nitro groups is 2. The Bertz CT molecular complexity index is 1160. The van der Waals surface area contributed by atoms with E-state index >= 15 is 0 Å². The number of benzene rings is 2. The minimum Gasteiger partial charge on any atom is -0.496 e. The number of esters is 1. The fourth-order valence-corrected chi connectivity index (χ4v) is 2.81. The number of hydrogen-bond acceptors (Lipinski definition) is 9. The second-order valence-corrected chi connectivity index (χ2v) is 6.32. The topological polar surface area (TPSA) is 149 Å². The van der Waals surface area contributed by atoms with Crippen LogP contribution < -0.4 is 9.47 Å². The number of nitrogens with zero attached hydrogens (tertiary/aromatic N) is 4. The van der Waals surface area contributed by atoms with Gasteiger partial charge in [-0.3, -0.25) is 20.2 Å². The summed E-state index contributed by atoms with van der Waals surface area (Å²) < 4.78 is 17.3. The van der Waals surface area contributed by atoms with E-state index in [1.165, 1.54) is 60.5 Å². The molecule has 0 aliphatic carbocycles. The summed E-state index contributed by atoms with van der Waals surface area (Å²) in [5, 5.41) is 26.1. The lowest BCUT2D eigenvalue weighted by atomic mass is 10.2. The Hall–Kier alpha value is -4.48. The van der Waals surface area contributed by atoms with E-state index in [1.54, 1.807) is 6.92 Å². The van der Waals surface area contributed by atoms with Gasteiger partial charge in [0.2, 0.25) is 5.69 Å². The molecule has 32 heavy (non-hydrogen) atoms. The van der Waals surface area contributed by atoms with Crippen LogP contribution in [0.4, 0.5) is 11.4 Å². The predicted octanol–water partition coefficient (Wildman–Crippen LogP) is 3.45. The van der Waals surface area contributed by atoms with E-state index in [2.05, 4.69) is 5.10 Å². The van der Waals surface area contributed by atoms with Crippen molar-refractivity contribution in [2.75, 3.05) is 13.7 Å². The highest BCUT2D eigenvalue weighted by atomic mass is 16.6. The van der Waals surface area contributed by atoms with E-state index in [1.807, 2.05) is 0 Å². The zero-order valence-corrected chi connectivity index (χ0v) is 17.1. The fourth-order valence-electron chi connectivity index (χ4n) is 2.81. The Kier molecular flexibility index (Phi) is 6.63. The first-order chi connectivity index (χ1) is 15.3. The van der Waals surface area contributed by atoms with Crippen molar-refractivity contribution in [3.05, 3.63) is 80.1 Å². The van der Waals surface area contributed by atoms with Crippen LogP contribution in [0.3, 0.4) is 0 Å².